The third-order valence-electron chi connectivity index (χ3n) is 4.39. The zero-order chi connectivity index (χ0) is 10.8. The van der Waals surface area contributed by atoms with Crippen molar-refractivity contribution < 1.29 is 0 Å². The first-order valence-corrected chi connectivity index (χ1v) is 6.15. The molecule has 0 unspecified atom stereocenters. The molecule has 2 radical (unpaired) electrons. The summed E-state index contributed by atoms with van der Waals surface area (Å²) in [6.07, 6.45) is 7.74. The SMILES string of the molecule is [B]C1(C)CCCC(C)(C(C)C)CCC1. The molecular formula is C13H25B. The molecule has 0 spiro atoms. The van der Waals surface area contributed by atoms with Gasteiger partial charge in [0.25, 0.3) is 0 Å². The van der Waals surface area contributed by atoms with Crippen molar-refractivity contribution in [2.24, 2.45) is 11.3 Å². The number of hydrogen-bond donors (Lipinski definition) is 0. The molecule has 0 bridgehead atoms. The lowest BCUT2D eigenvalue weighted by Gasteiger charge is -2.39. The molecule has 14 heavy (non-hydrogen) atoms. The lowest BCUT2D eigenvalue weighted by Crippen LogP contribution is -2.26. The molecule has 0 heterocycles. The minimum Gasteiger partial charge on any atom is -0.0688 e. The Kier molecular flexibility index (Phi) is 3.72. The average molecular weight is 192 g/mol. The van der Waals surface area contributed by atoms with Crippen molar-refractivity contribution in [3.05, 3.63) is 0 Å². The number of hydrogen-bond acceptors (Lipinski definition) is 0. The highest BCUT2D eigenvalue weighted by Crippen LogP contribution is 2.45. The van der Waals surface area contributed by atoms with Crippen LogP contribution in [0.4, 0.5) is 0 Å². The highest BCUT2D eigenvalue weighted by molar-refractivity contribution is 6.14. The van der Waals surface area contributed by atoms with E-state index in [1.165, 1.54) is 38.5 Å². The van der Waals surface area contributed by atoms with E-state index in [9.17, 15) is 0 Å². The van der Waals surface area contributed by atoms with E-state index in [-0.39, 0.29) is 5.31 Å². The van der Waals surface area contributed by atoms with E-state index in [1.54, 1.807) is 0 Å². The highest BCUT2D eigenvalue weighted by Gasteiger charge is 2.31. The van der Waals surface area contributed by atoms with Crippen molar-refractivity contribution in [3.8, 4) is 0 Å². The quantitative estimate of drug-likeness (QED) is 0.542. The first-order chi connectivity index (χ1) is 6.36. The van der Waals surface area contributed by atoms with E-state index in [0.717, 1.165) is 5.92 Å². The van der Waals surface area contributed by atoms with Crippen molar-refractivity contribution in [1.29, 1.82) is 0 Å². The molecule has 80 valence electrons. The van der Waals surface area contributed by atoms with Crippen LogP contribution in [0.2, 0.25) is 5.31 Å². The maximum Gasteiger partial charge on any atom is 0.0742 e. The molecule has 0 amide bonds. The summed E-state index contributed by atoms with van der Waals surface area (Å²) in [5.74, 6) is 0.810. The van der Waals surface area contributed by atoms with Crippen LogP contribution in [0.5, 0.6) is 0 Å². The second-order valence-electron chi connectivity index (χ2n) is 6.17. The van der Waals surface area contributed by atoms with Gasteiger partial charge in [-0.15, -0.1) is 0 Å². The predicted octanol–water partition coefficient (Wildman–Crippen LogP) is 4.35. The summed E-state index contributed by atoms with van der Waals surface area (Å²) in [6, 6.07) is 0. The first kappa shape index (κ1) is 12.1. The highest BCUT2D eigenvalue weighted by atomic mass is 14.4. The standard InChI is InChI=1S/C13H25B/c1-11(2)12(3)7-5-9-13(4,14)10-6-8-12/h11H,5-10H2,1-4H3. The van der Waals surface area contributed by atoms with Crippen LogP contribution in [0, 0.1) is 11.3 Å². The van der Waals surface area contributed by atoms with Crippen LogP contribution >= 0.6 is 0 Å². The van der Waals surface area contributed by atoms with E-state index in [2.05, 4.69) is 27.7 Å². The van der Waals surface area contributed by atoms with Crippen molar-refractivity contribution >= 4 is 7.85 Å². The maximum atomic E-state index is 6.21. The molecule has 1 saturated carbocycles. The van der Waals surface area contributed by atoms with Gasteiger partial charge in [-0.2, -0.15) is 0 Å². The molecule has 0 N–H and O–H groups in total. The fraction of sp³-hybridized carbons (Fsp3) is 1.00. The van der Waals surface area contributed by atoms with Crippen LogP contribution in [0.15, 0.2) is 0 Å². The Balaban J connectivity index is 2.56. The van der Waals surface area contributed by atoms with Gasteiger partial charge >= 0.3 is 0 Å². The van der Waals surface area contributed by atoms with Crippen LogP contribution < -0.4 is 0 Å². The van der Waals surface area contributed by atoms with Crippen LogP contribution in [0.1, 0.15) is 66.2 Å². The fourth-order valence-electron chi connectivity index (χ4n) is 2.62. The van der Waals surface area contributed by atoms with Crippen LogP contribution in [0.3, 0.4) is 0 Å². The summed E-state index contributed by atoms with van der Waals surface area (Å²) in [6.45, 7) is 9.40. The molecule has 1 aliphatic carbocycles. The topological polar surface area (TPSA) is 0 Å². The minimum atomic E-state index is 0.109. The molecule has 0 atom stereocenters. The van der Waals surface area contributed by atoms with Gasteiger partial charge in [0.05, 0.1) is 7.85 Å². The zero-order valence-electron chi connectivity index (χ0n) is 10.4. The van der Waals surface area contributed by atoms with Gasteiger partial charge < -0.3 is 0 Å². The molecule has 1 fully saturated rings. The average Bonchev–Trinajstić information content (AvgIpc) is 2.00. The Labute approximate surface area is 91.3 Å². The van der Waals surface area contributed by atoms with Crippen LogP contribution in [-0.2, 0) is 0 Å². The van der Waals surface area contributed by atoms with Crippen LogP contribution in [0.25, 0.3) is 0 Å². The largest absolute Gasteiger partial charge is 0.0742 e. The van der Waals surface area contributed by atoms with Gasteiger partial charge in [0, 0.05) is 0 Å². The smallest absolute Gasteiger partial charge is 0.0688 e. The molecule has 1 heteroatoms. The van der Waals surface area contributed by atoms with Gasteiger partial charge in [-0.25, -0.2) is 0 Å². The Bertz CT molecular complexity index is 170. The lowest BCUT2D eigenvalue weighted by molar-refractivity contribution is 0.152. The summed E-state index contributed by atoms with van der Waals surface area (Å²) >= 11 is 0. The normalized spacial score (nSPS) is 40.6. The van der Waals surface area contributed by atoms with Crippen LogP contribution in [-0.4, -0.2) is 7.85 Å². The Hall–Kier alpha value is 0.0649. The molecule has 0 aromatic heterocycles. The van der Waals surface area contributed by atoms with Gasteiger partial charge in [0.15, 0.2) is 0 Å². The maximum absolute atomic E-state index is 6.21. The van der Waals surface area contributed by atoms with E-state index in [1.807, 2.05) is 0 Å². The number of rotatable bonds is 1. The van der Waals surface area contributed by atoms with E-state index in [0.29, 0.717) is 5.41 Å². The van der Waals surface area contributed by atoms with E-state index in [4.69, 9.17) is 7.85 Å². The zero-order valence-corrected chi connectivity index (χ0v) is 10.4. The van der Waals surface area contributed by atoms with E-state index >= 15 is 0 Å². The minimum absolute atomic E-state index is 0.109. The van der Waals surface area contributed by atoms with Gasteiger partial charge in [-0.3, -0.25) is 0 Å². The predicted molar refractivity (Wildman–Crippen MR) is 64.8 cm³/mol. The summed E-state index contributed by atoms with van der Waals surface area (Å²) in [5.41, 5.74) is 0.566. The fourth-order valence-corrected chi connectivity index (χ4v) is 2.62. The molecule has 1 aliphatic rings. The molecule has 0 aromatic rings. The molecule has 0 saturated heterocycles. The molecule has 0 nitrogen and oxygen atoms in total. The van der Waals surface area contributed by atoms with E-state index < -0.39 is 0 Å². The third-order valence-corrected chi connectivity index (χ3v) is 4.39. The van der Waals surface area contributed by atoms with Gasteiger partial charge in [-0.1, -0.05) is 58.7 Å². The van der Waals surface area contributed by atoms with Crippen molar-refractivity contribution in [1.82, 2.24) is 0 Å². The van der Waals surface area contributed by atoms with Crippen molar-refractivity contribution in [3.63, 3.8) is 0 Å². The first-order valence-electron chi connectivity index (χ1n) is 6.15. The molecule has 0 aliphatic heterocycles. The Morgan fingerprint density at radius 2 is 1.36 bits per heavy atom. The van der Waals surface area contributed by atoms with Gasteiger partial charge in [0.2, 0.25) is 0 Å². The second-order valence-corrected chi connectivity index (χ2v) is 6.17. The van der Waals surface area contributed by atoms with Crippen molar-refractivity contribution in [2.45, 2.75) is 71.5 Å². The molecular weight excluding hydrogens is 167 g/mol. The summed E-state index contributed by atoms with van der Waals surface area (Å²) in [4.78, 5) is 0. The lowest BCUT2D eigenvalue weighted by atomic mass is 9.60. The summed E-state index contributed by atoms with van der Waals surface area (Å²) in [7, 11) is 6.21. The second kappa shape index (κ2) is 4.29. The molecule has 1 rings (SSSR count). The van der Waals surface area contributed by atoms with Crippen molar-refractivity contribution in [2.75, 3.05) is 0 Å². The summed E-state index contributed by atoms with van der Waals surface area (Å²) < 4.78 is 0. The Morgan fingerprint density at radius 3 is 1.71 bits per heavy atom. The Morgan fingerprint density at radius 1 is 0.929 bits per heavy atom. The van der Waals surface area contributed by atoms with Gasteiger partial charge in [0.1, 0.15) is 0 Å². The third kappa shape index (κ3) is 3.03. The van der Waals surface area contributed by atoms with Gasteiger partial charge in [-0.05, 0) is 24.2 Å². The monoisotopic (exact) mass is 192 g/mol. The molecule has 0 aromatic carbocycles. The summed E-state index contributed by atoms with van der Waals surface area (Å²) in [5, 5.41) is 0.109.